The van der Waals surface area contributed by atoms with Gasteiger partial charge >= 0.3 is 0 Å². The van der Waals surface area contributed by atoms with Crippen LogP contribution >= 0.6 is 11.8 Å². The van der Waals surface area contributed by atoms with Crippen molar-refractivity contribution in [2.75, 3.05) is 51.1 Å². The monoisotopic (exact) mass is 1180 g/mol. The number of hydrogen-bond acceptors (Lipinski definition) is 35. The van der Waals surface area contributed by atoms with E-state index in [9.17, 15) is 97.0 Å². The summed E-state index contributed by atoms with van der Waals surface area (Å²) in [6.07, 6.45) is -66.7. The van der Waals surface area contributed by atoms with Crippen molar-refractivity contribution in [1.82, 2.24) is 0 Å². The van der Waals surface area contributed by atoms with E-state index in [0.29, 0.717) is 5.75 Å². The molecule has 21 saturated heterocycles. The molecule has 0 aromatic heterocycles. The number of ether oxygens (including phenoxy) is 14. The van der Waals surface area contributed by atoms with E-state index in [2.05, 4.69) is 0 Å². The second kappa shape index (κ2) is 27.6. The van der Waals surface area contributed by atoms with Crippen molar-refractivity contribution in [1.29, 1.82) is 0 Å². The van der Waals surface area contributed by atoms with Crippen LogP contribution in [-0.2, 0) is 66.3 Å². The summed E-state index contributed by atoms with van der Waals surface area (Å²) in [5.41, 5.74) is 5.70. The van der Waals surface area contributed by atoms with Gasteiger partial charge in [-0.3, -0.25) is 0 Å². The Morgan fingerprint density at radius 2 is 0.481 bits per heavy atom. The summed E-state index contributed by atoms with van der Waals surface area (Å²) in [4.78, 5) is 0. The molecule has 21 aliphatic heterocycles. The Hall–Kier alpha value is -1.01. The topological polar surface area (TPSA) is 540 Å². The fourth-order valence-electron chi connectivity index (χ4n) is 10.7. The lowest BCUT2D eigenvalue weighted by Crippen LogP contribution is -2.68. The summed E-state index contributed by atoms with van der Waals surface area (Å²) < 4.78 is 81.2. The van der Waals surface area contributed by atoms with Gasteiger partial charge in [-0.05, 0) is 6.92 Å². The van der Waals surface area contributed by atoms with Gasteiger partial charge in [-0.25, -0.2) is 0 Å². The molecule has 21 aliphatic rings. The molecular weight excluding hydrogens is 1100 g/mol. The van der Waals surface area contributed by atoms with Crippen molar-refractivity contribution in [3.05, 3.63) is 0 Å². The lowest BCUT2D eigenvalue weighted by atomic mass is 9.95. The van der Waals surface area contributed by atoms with Gasteiger partial charge in [0.05, 0.1) is 45.2 Å². The minimum absolute atomic E-state index is 0.0942. The van der Waals surface area contributed by atoms with Crippen molar-refractivity contribution in [2.24, 2.45) is 5.73 Å². The fourth-order valence-corrected chi connectivity index (χ4v) is 11.5. The Balaban J connectivity index is 1.08. The lowest BCUT2D eigenvalue weighted by Gasteiger charge is -2.50. The molecular formula is C44H75NO33S. The first kappa shape index (κ1) is 64.0. The maximum Gasteiger partial charge on any atom is 0.187 e. The summed E-state index contributed by atoms with van der Waals surface area (Å²) in [5, 5.41) is 211. The molecule has 460 valence electrons. The van der Waals surface area contributed by atoms with Crippen molar-refractivity contribution in [3.63, 3.8) is 0 Å². The van der Waals surface area contributed by atoms with E-state index >= 15 is 0 Å². The minimum atomic E-state index is -2.17. The van der Waals surface area contributed by atoms with Crippen LogP contribution in [0.25, 0.3) is 0 Å². The molecule has 0 saturated carbocycles. The van der Waals surface area contributed by atoms with Crippen LogP contribution in [0, 0.1) is 0 Å². The van der Waals surface area contributed by atoms with Gasteiger partial charge in [0.1, 0.15) is 159 Å². The van der Waals surface area contributed by atoms with Crippen LogP contribution in [0.4, 0.5) is 0 Å². The van der Waals surface area contributed by atoms with Crippen molar-refractivity contribution < 1.29 is 163 Å². The summed E-state index contributed by atoms with van der Waals surface area (Å²) in [7, 11) is 0. The van der Waals surface area contributed by atoms with Gasteiger partial charge < -0.3 is 169 Å². The highest BCUT2D eigenvalue weighted by Gasteiger charge is 2.59. The SMILES string of the molecule is CC1O[C@@H]2O[C@H]3C(CO)O[C@@H](O[C@H]4C(CO)O[C@@H](O[C@H]5C(CO)O[C@@H](O[C@H]6C(CSCCN)O[C@@H](O[C@H]7C(CO)O[C@H](O[C@H]8C(CO)O[C@H](O[C@@H]1[C@H](O)C2O)C(O)[C@H]8O)C(O)[C@H]7O)C(O)[C@H]6O)C(O)[C@H]5O)C(O)[C@H]4O)C(O)[C@H]3O. The first-order valence-corrected chi connectivity index (χ1v) is 26.8. The predicted molar refractivity (Wildman–Crippen MR) is 246 cm³/mol. The molecule has 14 unspecified atom stereocenters. The highest BCUT2D eigenvalue weighted by molar-refractivity contribution is 7.99. The Bertz CT molecular complexity index is 1870. The van der Waals surface area contributed by atoms with Gasteiger partial charge in [0.2, 0.25) is 0 Å². The first-order valence-electron chi connectivity index (χ1n) is 25.6. The van der Waals surface area contributed by atoms with Gasteiger partial charge in [0.25, 0.3) is 0 Å². The molecule has 79 heavy (non-hydrogen) atoms. The number of thioether (sulfide) groups is 1. The molecule has 0 aromatic carbocycles. The first-order chi connectivity index (χ1) is 37.6. The molecule has 0 spiro atoms. The Morgan fingerprint density at radius 1 is 0.278 bits per heavy atom. The second-order valence-electron chi connectivity index (χ2n) is 20.3. The Kier molecular flexibility index (Phi) is 22.3. The maximum atomic E-state index is 11.6. The molecule has 35 heteroatoms. The van der Waals surface area contributed by atoms with E-state index in [0.717, 1.165) is 11.8 Å². The quantitative estimate of drug-likeness (QED) is 0.0953. The van der Waals surface area contributed by atoms with Crippen molar-refractivity contribution in [3.8, 4) is 0 Å². The molecule has 14 bridgehead atoms. The van der Waals surface area contributed by atoms with E-state index in [1.807, 2.05) is 0 Å². The van der Waals surface area contributed by atoms with E-state index in [4.69, 9.17) is 72.0 Å². The number of rotatable bonds is 9. The van der Waals surface area contributed by atoms with Crippen LogP contribution in [0.3, 0.4) is 0 Å². The second-order valence-corrected chi connectivity index (χ2v) is 21.5. The molecule has 0 radical (unpaired) electrons. The average Bonchev–Trinajstić information content (AvgIpc) is 3.54. The zero-order chi connectivity index (χ0) is 57.5. The normalized spacial score (nSPS) is 54.3. The molecule has 35 atom stereocenters. The Labute approximate surface area is 453 Å². The predicted octanol–water partition coefficient (Wildman–Crippen LogP) is -13.5. The molecule has 21 N–H and O–H groups in total. The van der Waals surface area contributed by atoms with Crippen LogP contribution < -0.4 is 5.73 Å². The molecule has 0 aliphatic carbocycles. The minimum Gasteiger partial charge on any atom is -0.394 e. The molecule has 34 nitrogen and oxygen atoms in total. The van der Waals surface area contributed by atoms with Crippen molar-refractivity contribution >= 4 is 11.8 Å². The Morgan fingerprint density at radius 3 is 0.722 bits per heavy atom. The number of nitrogens with two attached hydrogens (primary N) is 1. The highest BCUT2D eigenvalue weighted by Crippen LogP contribution is 2.39. The molecule has 21 heterocycles. The van der Waals surface area contributed by atoms with E-state index < -0.39 is 248 Å². The highest BCUT2D eigenvalue weighted by atomic mass is 32.2. The van der Waals surface area contributed by atoms with Gasteiger partial charge in [0.15, 0.2) is 44.0 Å². The number of aliphatic hydroxyl groups excluding tert-OH is 19. The third-order valence-corrected chi connectivity index (χ3v) is 16.2. The third kappa shape index (κ3) is 13.1. The maximum absolute atomic E-state index is 11.6. The summed E-state index contributed by atoms with van der Waals surface area (Å²) in [6, 6.07) is 0. The smallest absolute Gasteiger partial charge is 0.187 e. The van der Waals surface area contributed by atoms with E-state index in [1.54, 1.807) is 0 Å². The van der Waals surface area contributed by atoms with Crippen molar-refractivity contribution in [2.45, 2.75) is 222 Å². The van der Waals surface area contributed by atoms with Crippen LogP contribution in [0.15, 0.2) is 0 Å². The van der Waals surface area contributed by atoms with Crippen LogP contribution in [0.2, 0.25) is 0 Å². The van der Waals surface area contributed by atoms with Crippen LogP contribution in [0.5, 0.6) is 0 Å². The fraction of sp³-hybridized carbons (Fsp3) is 1.00. The van der Waals surface area contributed by atoms with E-state index in [1.165, 1.54) is 6.92 Å². The molecule has 0 aromatic rings. The molecule has 21 fully saturated rings. The average molecular weight is 1180 g/mol. The zero-order valence-corrected chi connectivity index (χ0v) is 42.9. The summed E-state index contributed by atoms with van der Waals surface area (Å²) in [6.45, 7) is -3.53. The zero-order valence-electron chi connectivity index (χ0n) is 42.1. The summed E-state index contributed by atoms with van der Waals surface area (Å²) >= 11 is 1.16. The van der Waals surface area contributed by atoms with Gasteiger partial charge in [-0.1, -0.05) is 0 Å². The summed E-state index contributed by atoms with van der Waals surface area (Å²) in [5.74, 6) is 0.209. The van der Waals surface area contributed by atoms with Gasteiger partial charge in [0, 0.05) is 18.1 Å². The standard InChI is InChI=1S/C44H75NO33S/c1-10-31-17(51)24(58)38(65-10)73-32-11(4-46)67-40(26(60)19(32)53)75-34-13(6-48)68-41(27(61)20(34)54)76-35-14(7-49)70-43(29(63)22(35)56)78-37-16(9-79-3-2-45)71-44(30(64)23(37)57)77-36-15(8-50)69-42(28(62)21(36)55)74-33-12(5-47)66-39(72-31)25(59)18(33)52/h10-44,46-64H,2-9,45H2,1H3/t10?,11?,12?,13?,14?,15?,16?,17-,18-,19-,20-,21-,22-,23-,24?,25?,26?,27?,28?,29?,30?,31+,32+,33+,34+,35+,36+,37+,38-,39-,40+,41+,42-,43+,44+/m1/s1. The third-order valence-electron chi connectivity index (χ3n) is 15.1. The van der Waals surface area contributed by atoms with Crippen LogP contribution in [0.1, 0.15) is 6.92 Å². The lowest BCUT2D eigenvalue weighted by molar-refractivity contribution is -0.395. The molecule has 0 amide bonds. The van der Waals surface area contributed by atoms with Gasteiger partial charge in [-0.15, -0.1) is 0 Å². The van der Waals surface area contributed by atoms with Crippen LogP contribution in [-0.4, -0.2) is 363 Å². The number of aliphatic hydroxyl groups is 19. The molecule has 21 rings (SSSR count). The largest absolute Gasteiger partial charge is 0.394 e. The number of hydrogen-bond donors (Lipinski definition) is 20. The van der Waals surface area contributed by atoms with Gasteiger partial charge in [-0.2, -0.15) is 11.8 Å². The van der Waals surface area contributed by atoms with E-state index in [-0.39, 0.29) is 12.3 Å².